The van der Waals surface area contributed by atoms with Gasteiger partial charge in [0.2, 0.25) is 0 Å². The van der Waals surface area contributed by atoms with Gasteiger partial charge in [-0.3, -0.25) is 9.59 Å². The van der Waals surface area contributed by atoms with E-state index in [2.05, 4.69) is 19.0 Å². The highest BCUT2D eigenvalue weighted by molar-refractivity contribution is 6.02. The maximum Gasteiger partial charge on any atom is 0.143 e. The molecule has 26 heavy (non-hydrogen) atoms. The quantitative estimate of drug-likeness (QED) is 0.782. The fourth-order valence-corrected chi connectivity index (χ4v) is 7.51. The number of aliphatic hydroxyl groups excluding tert-OH is 1. The Bertz CT molecular complexity index is 574. The molecule has 1 N–H and O–H groups in total. The summed E-state index contributed by atoms with van der Waals surface area (Å²) in [5.41, 5.74) is 0.0948. The summed E-state index contributed by atoms with van der Waals surface area (Å²) in [5, 5.41) is 10.9. The minimum Gasteiger partial charge on any atom is -0.393 e. The van der Waals surface area contributed by atoms with E-state index in [1.165, 1.54) is 6.42 Å². The van der Waals surface area contributed by atoms with E-state index in [0.717, 1.165) is 51.5 Å². The minimum absolute atomic E-state index is 0.0948. The number of hydrogen-bond acceptors (Lipinski definition) is 4. The Kier molecular flexibility index (Phi) is 5.02. The second kappa shape index (κ2) is 7.01. The zero-order chi connectivity index (χ0) is 18.5. The summed E-state index contributed by atoms with van der Waals surface area (Å²) in [5.74, 6) is 2.52. The van der Waals surface area contributed by atoms with Crippen molar-refractivity contribution in [2.45, 2.75) is 70.3 Å². The molecule has 4 saturated carbocycles. The number of carbonyl (C=O) groups is 2. The van der Waals surface area contributed by atoms with Gasteiger partial charge in [0.1, 0.15) is 11.6 Å². The Morgan fingerprint density at radius 1 is 1.08 bits per heavy atom. The van der Waals surface area contributed by atoms with Gasteiger partial charge in [-0.2, -0.15) is 0 Å². The number of hydrogen-bond donors (Lipinski definition) is 1. The van der Waals surface area contributed by atoms with Gasteiger partial charge in [-0.05, 0) is 101 Å². The van der Waals surface area contributed by atoms with Crippen LogP contribution < -0.4 is 0 Å². The molecule has 0 amide bonds. The first-order valence-electron chi connectivity index (χ1n) is 10.8. The molecule has 4 nitrogen and oxygen atoms in total. The molecule has 0 heterocycles. The fourth-order valence-electron chi connectivity index (χ4n) is 7.51. The third kappa shape index (κ3) is 2.97. The lowest BCUT2D eigenvalue weighted by Crippen LogP contribution is -2.52. The van der Waals surface area contributed by atoms with Gasteiger partial charge in [0.15, 0.2) is 0 Å². The molecule has 0 saturated heterocycles. The van der Waals surface area contributed by atoms with Crippen LogP contribution in [0.15, 0.2) is 0 Å². The Morgan fingerprint density at radius 2 is 1.88 bits per heavy atom. The molecule has 0 radical (unpaired) electrons. The first-order chi connectivity index (χ1) is 12.4. The van der Waals surface area contributed by atoms with Gasteiger partial charge >= 0.3 is 0 Å². The smallest absolute Gasteiger partial charge is 0.143 e. The molecule has 7 atom stereocenters. The lowest BCUT2D eigenvalue weighted by atomic mass is 9.49. The second-order valence-electron chi connectivity index (χ2n) is 9.96. The zero-order valence-electron chi connectivity index (χ0n) is 16.5. The fraction of sp³-hybridized carbons (Fsp3) is 0.909. The zero-order valence-corrected chi connectivity index (χ0v) is 16.5. The normalized spacial score (nSPS) is 45.4. The van der Waals surface area contributed by atoms with Crippen molar-refractivity contribution in [2.75, 3.05) is 20.6 Å². The lowest BCUT2D eigenvalue weighted by molar-refractivity contribution is -0.146. The third-order valence-electron chi connectivity index (χ3n) is 8.48. The first kappa shape index (κ1) is 18.6. The van der Waals surface area contributed by atoms with Gasteiger partial charge in [0.05, 0.1) is 12.5 Å². The Balaban J connectivity index is 1.54. The molecule has 4 heteroatoms. The van der Waals surface area contributed by atoms with E-state index in [9.17, 15) is 14.7 Å². The van der Waals surface area contributed by atoms with E-state index < -0.39 is 0 Å². The molecule has 0 aromatic heterocycles. The molecule has 0 aliphatic heterocycles. The van der Waals surface area contributed by atoms with E-state index in [1.807, 2.05) is 0 Å². The molecule has 4 rings (SSSR count). The Morgan fingerprint density at radius 3 is 2.65 bits per heavy atom. The highest BCUT2D eigenvalue weighted by atomic mass is 16.3. The predicted molar refractivity (Wildman–Crippen MR) is 101 cm³/mol. The molecule has 0 bridgehead atoms. The third-order valence-corrected chi connectivity index (χ3v) is 8.48. The van der Waals surface area contributed by atoms with Gasteiger partial charge in [-0.1, -0.05) is 0 Å². The van der Waals surface area contributed by atoms with Crippen LogP contribution in [0.3, 0.4) is 0 Å². The van der Waals surface area contributed by atoms with Crippen molar-refractivity contribution in [3.05, 3.63) is 0 Å². The summed E-state index contributed by atoms with van der Waals surface area (Å²) < 4.78 is 0. The van der Waals surface area contributed by atoms with E-state index in [4.69, 9.17) is 0 Å². The van der Waals surface area contributed by atoms with Crippen LogP contribution in [0.2, 0.25) is 0 Å². The van der Waals surface area contributed by atoms with Gasteiger partial charge in [-0.15, -0.1) is 0 Å². The maximum absolute atomic E-state index is 12.7. The molecule has 4 aliphatic rings. The van der Waals surface area contributed by atoms with E-state index in [-0.39, 0.29) is 35.4 Å². The molecule has 4 fully saturated rings. The molecular weight excluding hydrogens is 326 g/mol. The lowest BCUT2D eigenvalue weighted by Gasteiger charge is -2.55. The number of Topliss-reactive ketones (excluding diaryl/α,β-unsaturated/α-hetero) is 2. The van der Waals surface area contributed by atoms with Gasteiger partial charge < -0.3 is 10.0 Å². The number of fused-ring (bicyclic) bond motifs is 5. The van der Waals surface area contributed by atoms with Crippen molar-refractivity contribution >= 4 is 11.6 Å². The van der Waals surface area contributed by atoms with Gasteiger partial charge in [0, 0.05) is 12.3 Å². The number of aliphatic hydroxyl groups is 1. The molecule has 0 spiro atoms. The average molecular weight is 362 g/mol. The monoisotopic (exact) mass is 361 g/mol. The van der Waals surface area contributed by atoms with Crippen molar-refractivity contribution in [3.63, 3.8) is 0 Å². The number of rotatable bonds is 4. The van der Waals surface area contributed by atoms with Crippen molar-refractivity contribution in [1.29, 1.82) is 0 Å². The van der Waals surface area contributed by atoms with Crippen LogP contribution in [0.5, 0.6) is 0 Å². The van der Waals surface area contributed by atoms with Crippen molar-refractivity contribution in [1.82, 2.24) is 4.90 Å². The average Bonchev–Trinajstić information content (AvgIpc) is 2.91. The topological polar surface area (TPSA) is 57.6 Å². The first-order valence-corrected chi connectivity index (χ1v) is 10.8. The minimum atomic E-state index is -0.156. The molecule has 4 aliphatic carbocycles. The van der Waals surface area contributed by atoms with Crippen LogP contribution in [0.4, 0.5) is 0 Å². The van der Waals surface area contributed by atoms with Gasteiger partial charge in [0.25, 0.3) is 0 Å². The number of carbonyl (C=O) groups excluding carboxylic acids is 2. The van der Waals surface area contributed by atoms with E-state index in [0.29, 0.717) is 30.1 Å². The maximum atomic E-state index is 12.7. The van der Waals surface area contributed by atoms with Gasteiger partial charge in [-0.25, -0.2) is 0 Å². The highest BCUT2D eigenvalue weighted by Crippen LogP contribution is 2.63. The summed E-state index contributed by atoms with van der Waals surface area (Å²) in [6.45, 7) is 1.08. The summed E-state index contributed by atoms with van der Waals surface area (Å²) in [4.78, 5) is 26.8. The van der Waals surface area contributed by atoms with E-state index in [1.54, 1.807) is 0 Å². The van der Waals surface area contributed by atoms with Crippen LogP contribution in [0, 0.1) is 35.0 Å². The summed E-state index contributed by atoms with van der Waals surface area (Å²) in [7, 11) is 4.24. The number of ketones is 2. The molecule has 0 aromatic carbocycles. The van der Waals surface area contributed by atoms with E-state index >= 15 is 0 Å². The summed E-state index contributed by atoms with van der Waals surface area (Å²) in [6.07, 6.45) is 9.40. The molecule has 0 aromatic rings. The van der Waals surface area contributed by atoms with Crippen LogP contribution in [-0.4, -0.2) is 48.3 Å². The van der Waals surface area contributed by atoms with Crippen LogP contribution >= 0.6 is 0 Å². The molecular formula is C22H35NO3. The predicted octanol–water partition coefficient (Wildman–Crippen LogP) is 3.07. The summed E-state index contributed by atoms with van der Waals surface area (Å²) >= 11 is 0. The molecule has 146 valence electrons. The van der Waals surface area contributed by atoms with Crippen molar-refractivity contribution < 1.29 is 14.7 Å². The SMILES string of the molecule is CN(C)CCC[C@]12CC[C@H]3[C@@H](CCC4CC(=O)CC(=O)[C@@H]43)[C@@H]1CC[C@@H]2O. The van der Waals surface area contributed by atoms with Crippen LogP contribution in [0.25, 0.3) is 0 Å². The summed E-state index contributed by atoms with van der Waals surface area (Å²) in [6, 6.07) is 0. The Hall–Kier alpha value is -0.740. The number of nitrogens with zero attached hydrogens (tertiary/aromatic N) is 1. The van der Waals surface area contributed by atoms with Crippen molar-refractivity contribution in [2.24, 2.45) is 35.0 Å². The standard InChI is InChI=1S/C22H35NO3/c1-23(2)11-3-9-22-10-8-17-16(18(22)6-7-20(22)26)5-4-14-12-15(24)13-19(25)21(14)17/h14,16-18,20-21,26H,3-13H2,1-2H3/t14?,16-,17+,18+,20+,21+,22+/m1/s1. The molecule has 1 unspecified atom stereocenters. The Labute approximate surface area is 157 Å². The van der Waals surface area contributed by atoms with Crippen molar-refractivity contribution in [3.8, 4) is 0 Å². The second-order valence-corrected chi connectivity index (χ2v) is 9.96. The largest absolute Gasteiger partial charge is 0.393 e. The van der Waals surface area contributed by atoms with Crippen LogP contribution in [-0.2, 0) is 9.59 Å². The highest BCUT2D eigenvalue weighted by Gasteiger charge is 2.59. The van der Waals surface area contributed by atoms with Crippen LogP contribution in [0.1, 0.15) is 64.2 Å².